The minimum absolute atomic E-state index is 0.200. The Kier molecular flexibility index (Phi) is 7.35. The number of para-hydroxylation sites is 1. The van der Waals surface area contributed by atoms with Gasteiger partial charge in [-0.3, -0.25) is 4.79 Å². The highest BCUT2D eigenvalue weighted by atomic mass is 16.5. The van der Waals surface area contributed by atoms with E-state index in [9.17, 15) is 4.79 Å². The van der Waals surface area contributed by atoms with Crippen molar-refractivity contribution in [3.05, 3.63) is 102 Å². The summed E-state index contributed by atoms with van der Waals surface area (Å²) in [4.78, 5) is 15.3. The van der Waals surface area contributed by atoms with Gasteiger partial charge in [-0.15, -0.1) is 5.10 Å². The van der Waals surface area contributed by atoms with Gasteiger partial charge in [0.25, 0.3) is 5.89 Å². The molecule has 0 bridgehead atoms. The molecule has 5 rings (SSSR count). The first-order valence-corrected chi connectivity index (χ1v) is 11.8. The van der Waals surface area contributed by atoms with Crippen molar-refractivity contribution in [3.8, 4) is 34.7 Å². The maximum absolute atomic E-state index is 10.9. The van der Waals surface area contributed by atoms with Crippen LogP contribution in [-0.4, -0.2) is 28.2 Å². The highest BCUT2D eigenvalue weighted by Gasteiger charge is 2.16. The van der Waals surface area contributed by atoms with E-state index >= 15 is 0 Å². The zero-order valence-corrected chi connectivity index (χ0v) is 20.9. The average molecular weight is 512 g/mol. The molecule has 0 fully saturated rings. The number of hydrogen-bond acceptors (Lipinski definition) is 8. The Morgan fingerprint density at radius 3 is 2.63 bits per heavy atom. The third-order valence-corrected chi connectivity index (χ3v) is 5.67. The van der Waals surface area contributed by atoms with Crippen LogP contribution >= 0.6 is 0 Å². The molecule has 192 valence electrons. The molecule has 0 amide bonds. The highest BCUT2D eigenvalue weighted by molar-refractivity contribution is 5.74. The van der Waals surface area contributed by atoms with Gasteiger partial charge in [-0.2, -0.15) is 0 Å². The Morgan fingerprint density at radius 2 is 1.87 bits per heavy atom. The smallest absolute Gasteiger partial charge is 0.263 e. The molecular weight excluding hydrogens is 486 g/mol. The second kappa shape index (κ2) is 11.3. The number of aldehydes is 1. The summed E-state index contributed by atoms with van der Waals surface area (Å²) in [5, 5.41) is 4.55. The first-order chi connectivity index (χ1) is 18.6. The molecule has 0 saturated carbocycles. The largest absolute Gasteiger partial charge is 0.493 e. The summed E-state index contributed by atoms with van der Waals surface area (Å²) in [6, 6.07) is 18.8. The molecule has 0 atom stereocenters. The van der Waals surface area contributed by atoms with Gasteiger partial charge >= 0.3 is 0 Å². The molecule has 0 radical (unpaired) electrons. The van der Waals surface area contributed by atoms with Crippen LogP contribution in [0.25, 0.3) is 23.4 Å². The molecule has 0 unspecified atom stereocenters. The number of furan rings is 1. The van der Waals surface area contributed by atoms with Crippen LogP contribution in [0.15, 0.2) is 88.0 Å². The van der Waals surface area contributed by atoms with E-state index in [2.05, 4.69) is 10.1 Å². The van der Waals surface area contributed by atoms with Gasteiger partial charge in [-0.1, -0.05) is 24.3 Å². The maximum atomic E-state index is 10.9. The van der Waals surface area contributed by atoms with Crippen LogP contribution in [-0.2, 0) is 18.0 Å². The quantitative estimate of drug-likeness (QED) is 0.162. The lowest BCUT2D eigenvalue weighted by Gasteiger charge is -2.12. The molecule has 0 aliphatic carbocycles. The lowest BCUT2D eigenvalue weighted by molar-refractivity contribution is -0.104. The minimum atomic E-state index is 0.200. The first kappa shape index (κ1) is 24.6. The number of hydrogen-bond donors (Lipinski definition) is 0. The fourth-order valence-electron chi connectivity index (χ4n) is 3.74. The number of aryl methyl sites for hydroxylation is 1. The van der Waals surface area contributed by atoms with E-state index in [0.717, 1.165) is 11.3 Å². The molecule has 2 aromatic carbocycles. The van der Waals surface area contributed by atoms with Crippen molar-refractivity contribution >= 4 is 12.4 Å². The van der Waals surface area contributed by atoms with Crippen molar-refractivity contribution in [2.75, 3.05) is 7.11 Å². The zero-order chi connectivity index (χ0) is 26.3. The second-order valence-corrected chi connectivity index (χ2v) is 8.23. The predicted molar refractivity (Wildman–Crippen MR) is 139 cm³/mol. The number of methoxy groups -OCH3 is 1. The van der Waals surface area contributed by atoms with Crippen LogP contribution < -0.4 is 14.2 Å². The fraction of sp³-hybridized carbons (Fsp3) is 0.138. The molecule has 0 spiro atoms. The molecule has 38 heavy (non-hydrogen) atoms. The summed E-state index contributed by atoms with van der Waals surface area (Å²) < 4.78 is 30.3. The van der Waals surface area contributed by atoms with Crippen LogP contribution in [0.2, 0.25) is 0 Å². The van der Waals surface area contributed by atoms with Crippen molar-refractivity contribution in [3.63, 3.8) is 0 Å². The van der Waals surface area contributed by atoms with Crippen LogP contribution in [0.4, 0.5) is 0 Å². The van der Waals surface area contributed by atoms with Gasteiger partial charge in [-0.05, 0) is 61.0 Å². The summed E-state index contributed by atoms with van der Waals surface area (Å²) >= 11 is 0. The second-order valence-electron chi connectivity index (χ2n) is 8.23. The molecule has 0 saturated heterocycles. The SMILES string of the molecule is COc1cc(COc2nn(-c3ccccc3)cc2/C=C/C=O)ccc1OCc1nc(-c2ccco2)oc1C. The number of nitrogens with zero attached hydrogens (tertiary/aromatic N) is 3. The van der Waals surface area contributed by atoms with E-state index in [1.54, 1.807) is 36.3 Å². The molecule has 0 aliphatic rings. The molecule has 5 aromatic rings. The Bertz CT molecular complexity index is 1530. The Balaban J connectivity index is 1.28. The maximum Gasteiger partial charge on any atom is 0.263 e. The van der Waals surface area contributed by atoms with Gasteiger partial charge < -0.3 is 23.0 Å². The topological polar surface area (TPSA) is 102 Å². The molecule has 0 N–H and O–H groups in total. The molecule has 9 nitrogen and oxygen atoms in total. The minimum Gasteiger partial charge on any atom is -0.493 e. The van der Waals surface area contributed by atoms with Crippen molar-refractivity contribution in [2.24, 2.45) is 0 Å². The molecule has 9 heteroatoms. The fourth-order valence-corrected chi connectivity index (χ4v) is 3.74. The van der Waals surface area contributed by atoms with Gasteiger partial charge in [0.1, 0.15) is 31.0 Å². The Labute approximate surface area is 218 Å². The monoisotopic (exact) mass is 511 g/mol. The molecule has 0 aliphatic heterocycles. The number of carbonyl (C=O) groups is 1. The summed E-state index contributed by atoms with van der Waals surface area (Å²) in [5.41, 5.74) is 3.08. The van der Waals surface area contributed by atoms with Crippen molar-refractivity contribution in [1.29, 1.82) is 0 Å². The summed E-state index contributed by atoms with van der Waals surface area (Å²) in [7, 11) is 1.58. The van der Waals surface area contributed by atoms with E-state index in [0.29, 0.717) is 52.3 Å². The van der Waals surface area contributed by atoms with Crippen LogP contribution in [0.5, 0.6) is 17.4 Å². The van der Waals surface area contributed by atoms with Gasteiger partial charge in [0.05, 0.1) is 24.6 Å². The number of benzene rings is 2. The van der Waals surface area contributed by atoms with E-state index in [1.165, 1.54) is 6.08 Å². The number of allylic oxidation sites excluding steroid dienone is 1. The standard InChI is InChI=1S/C29H25N3O6/c1-20-24(30-29(38-20)26-11-7-15-35-26)19-36-25-13-12-21(16-27(25)34-2)18-37-28-22(8-6-14-33)17-32(31-28)23-9-4-3-5-10-23/h3-17H,18-19H2,1-2H3/b8-6+. The van der Waals surface area contributed by atoms with Gasteiger partial charge in [0.2, 0.25) is 5.88 Å². The third-order valence-electron chi connectivity index (χ3n) is 5.67. The van der Waals surface area contributed by atoms with Crippen molar-refractivity contribution < 1.29 is 27.8 Å². The van der Waals surface area contributed by atoms with Crippen LogP contribution in [0, 0.1) is 6.92 Å². The molecule has 3 aromatic heterocycles. The van der Waals surface area contributed by atoms with E-state index < -0.39 is 0 Å². The number of aromatic nitrogens is 3. The van der Waals surface area contributed by atoms with Gasteiger partial charge in [0, 0.05) is 6.20 Å². The Hall–Kier alpha value is -5.05. The van der Waals surface area contributed by atoms with Gasteiger partial charge in [-0.25, -0.2) is 9.67 Å². The lowest BCUT2D eigenvalue weighted by atomic mass is 10.2. The first-order valence-electron chi connectivity index (χ1n) is 11.8. The molecule has 3 heterocycles. The van der Waals surface area contributed by atoms with Gasteiger partial charge in [0.15, 0.2) is 17.3 Å². The molecular formula is C29H25N3O6. The van der Waals surface area contributed by atoms with E-state index in [4.69, 9.17) is 23.0 Å². The van der Waals surface area contributed by atoms with Crippen LogP contribution in [0.3, 0.4) is 0 Å². The number of carbonyl (C=O) groups excluding carboxylic acids is 1. The summed E-state index contributed by atoms with van der Waals surface area (Å²) in [6.45, 7) is 2.26. The third kappa shape index (κ3) is 5.52. The number of ether oxygens (including phenoxy) is 3. The zero-order valence-electron chi connectivity index (χ0n) is 20.9. The normalized spacial score (nSPS) is 11.1. The lowest BCUT2D eigenvalue weighted by Crippen LogP contribution is -2.02. The average Bonchev–Trinajstić information content (AvgIpc) is 3.70. The van der Waals surface area contributed by atoms with E-state index in [-0.39, 0.29) is 13.2 Å². The van der Waals surface area contributed by atoms with Crippen LogP contribution in [0.1, 0.15) is 22.6 Å². The predicted octanol–water partition coefficient (Wildman–Crippen LogP) is 5.81. The van der Waals surface area contributed by atoms with E-state index in [1.807, 2.05) is 61.7 Å². The van der Waals surface area contributed by atoms with Crippen molar-refractivity contribution in [2.45, 2.75) is 20.1 Å². The van der Waals surface area contributed by atoms with Crippen molar-refractivity contribution in [1.82, 2.24) is 14.8 Å². The Morgan fingerprint density at radius 1 is 1.00 bits per heavy atom. The summed E-state index contributed by atoms with van der Waals surface area (Å²) in [5.74, 6) is 3.12. The number of rotatable bonds is 11. The summed E-state index contributed by atoms with van der Waals surface area (Å²) in [6.07, 6.45) is 7.16. The highest BCUT2D eigenvalue weighted by Crippen LogP contribution is 2.31. The number of oxazole rings is 1.